The van der Waals surface area contributed by atoms with E-state index in [4.69, 9.17) is 5.11 Å². The molecule has 1 unspecified atom stereocenters. The van der Waals surface area contributed by atoms with Gasteiger partial charge in [0.25, 0.3) is 0 Å². The molecule has 0 aliphatic heterocycles. The normalized spacial score (nSPS) is 13.2. The second kappa shape index (κ2) is 6.05. The lowest BCUT2D eigenvalue weighted by Gasteiger charge is -2.04. The van der Waals surface area contributed by atoms with Crippen molar-refractivity contribution in [1.82, 2.24) is 4.98 Å². The minimum Gasteiger partial charge on any atom is -0.478 e. The van der Waals surface area contributed by atoms with Gasteiger partial charge in [-0.1, -0.05) is 0 Å². The highest BCUT2D eigenvalue weighted by molar-refractivity contribution is 7.92. The predicted molar refractivity (Wildman–Crippen MR) is 67.6 cm³/mol. The molecule has 0 saturated heterocycles. The van der Waals surface area contributed by atoms with Gasteiger partial charge in [0.2, 0.25) is 0 Å². The largest absolute Gasteiger partial charge is 0.478 e. The Morgan fingerprint density at radius 2 is 2.17 bits per heavy atom. The Kier molecular flexibility index (Phi) is 4.97. The van der Waals surface area contributed by atoms with E-state index in [1.165, 1.54) is 18.3 Å². The molecule has 1 aromatic heterocycles. The number of hydrogen-bond acceptors (Lipinski definition) is 5. The van der Waals surface area contributed by atoms with E-state index >= 15 is 0 Å². The van der Waals surface area contributed by atoms with Gasteiger partial charge in [-0.05, 0) is 12.1 Å². The second-order valence-electron chi connectivity index (χ2n) is 3.72. The van der Waals surface area contributed by atoms with E-state index in [-0.39, 0.29) is 28.5 Å². The summed E-state index contributed by atoms with van der Waals surface area (Å²) in [7, 11) is -4.62. The summed E-state index contributed by atoms with van der Waals surface area (Å²) < 4.78 is 33.5. The molecule has 0 amide bonds. The van der Waals surface area contributed by atoms with Gasteiger partial charge in [0, 0.05) is 29.0 Å². The minimum absolute atomic E-state index is 0.00907. The molecule has 0 spiro atoms. The van der Waals surface area contributed by atoms with Crippen molar-refractivity contribution < 1.29 is 22.5 Å². The van der Waals surface area contributed by atoms with Crippen LogP contribution in [-0.2, 0) is 26.4 Å². The van der Waals surface area contributed by atoms with Crippen molar-refractivity contribution in [3.8, 4) is 0 Å². The minimum atomic E-state index is -3.17. The quantitative estimate of drug-likeness (QED) is 0.796. The van der Waals surface area contributed by atoms with Gasteiger partial charge in [0.15, 0.2) is 0 Å². The maximum absolute atomic E-state index is 11.6. The maximum Gasteiger partial charge on any atom is 0.337 e. The lowest BCUT2D eigenvalue weighted by Crippen LogP contribution is -2.14. The van der Waals surface area contributed by atoms with Gasteiger partial charge in [-0.2, -0.15) is 0 Å². The number of hydrogen-bond donors (Lipinski definition) is 1. The Hall–Kier alpha value is -1.28. The lowest BCUT2D eigenvalue weighted by atomic mass is 10.2. The Bertz CT molecular complexity index is 567. The molecule has 6 nitrogen and oxygen atoms in total. The Balaban J connectivity index is 2.73. The molecule has 0 aliphatic rings. The van der Waals surface area contributed by atoms with Crippen molar-refractivity contribution in [3.05, 3.63) is 29.6 Å². The van der Waals surface area contributed by atoms with E-state index in [9.17, 15) is 17.4 Å². The highest BCUT2D eigenvalue weighted by Gasteiger charge is 2.14. The molecular weight excluding hydrogens is 278 g/mol. The average Bonchev–Trinajstić information content (AvgIpc) is 2.26. The zero-order valence-electron chi connectivity index (χ0n) is 9.70. The van der Waals surface area contributed by atoms with Crippen molar-refractivity contribution in [1.29, 1.82) is 0 Å². The molecule has 0 aromatic carbocycles. The van der Waals surface area contributed by atoms with E-state index in [0.717, 1.165) is 6.26 Å². The topological polar surface area (TPSA) is 101 Å². The zero-order chi connectivity index (χ0) is 13.8. The summed E-state index contributed by atoms with van der Waals surface area (Å²) in [6.07, 6.45) is 2.48. The van der Waals surface area contributed by atoms with Crippen LogP contribution in [0.15, 0.2) is 18.3 Å². The standard InChI is InChI=1S/C10H13NO5S2/c1-18(15,16)6-5-17(14)7-9-8(10(12)13)3-2-4-11-9/h2-4H,5-7H2,1H3,(H,12,13). The Labute approximate surface area is 107 Å². The van der Waals surface area contributed by atoms with Gasteiger partial charge in [0.05, 0.1) is 22.8 Å². The molecule has 1 aromatic rings. The van der Waals surface area contributed by atoms with Gasteiger partial charge in [0.1, 0.15) is 9.84 Å². The van der Waals surface area contributed by atoms with Gasteiger partial charge >= 0.3 is 5.97 Å². The van der Waals surface area contributed by atoms with E-state index in [2.05, 4.69) is 4.98 Å². The van der Waals surface area contributed by atoms with Gasteiger partial charge in [-0.25, -0.2) is 13.2 Å². The third-order valence-corrected chi connectivity index (χ3v) is 4.56. The molecule has 0 aliphatic carbocycles. The fourth-order valence-electron chi connectivity index (χ4n) is 1.22. The molecule has 1 heterocycles. The molecule has 0 radical (unpaired) electrons. The van der Waals surface area contributed by atoms with Crippen LogP contribution >= 0.6 is 0 Å². The molecule has 1 N–H and O–H groups in total. The summed E-state index contributed by atoms with van der Waals surface area (Å²) in [5.74, 6) is -1.40. The lowest BCUT2D eigenvalue weighted by molar-refractivity contribution is 0.0695. The molecule has 8 heteroatoms. The van der Waals surface area contributed by atoms with Crippen LogP contribution in [0.1, 0.15) is 16.1 Å². The number of nitrogens with zero attached hydrogens (tertiary/aromatic N) is 1. The van der Waals surface area contributed by atoms with Crippen LogP contribution in [0.5, 0.6) is 0 Å². The van der Waals surface area contributed by atoms with Crippen molar-refractivity contribution >= 4 is 26.6 Å². The van der Waals surface area contributed by atoms with Gasteiger partial charge in [-0.3, -0.25) is 9.19 Å². The summed E-state index contributed by atoms with van der Waals surface area (Å²) in [5.41, 5.74) is 0.196. The van der Waals surface area contributed by atoms with Crippen molar-refractivity contribution in [3.63, 3.8) is 0 Å². The first-order chi connectivity index (χ1) is 8.29. The number of aromatic nitrogens is 1. The highest BCUT2D eigenvalue weighted by atomic mass is 32.2. The second-order valence-corrected chi connectivity index (χ2v) is 7.56. The number of carboxylic acid groups (broad SMARTS) is 1. The zero-order valence-corrected chi connectivity index (χ0v) is 11.3. The smallest absolute Gasteiger partial charge is 0.337 e. The molecule has 0 bridgehead atoms. The van der Waals surface area contributed by atoms with Crippen LogP contribution in [0.4, 0.5) is 0 Å². The third-order valence-electron chi connectivity index (χ3n) is 2.10. The number of pyridine rings is 1. The van der Waals surface area contributed by atoms with E-state index < -0.39 is 26.6 Å². The number of sulfone groups is 1. The van der Waals surface area contributed by atoms with E-state index in [1.807, 2.05) is 0 Å². The predicted octanol–water partition coefficient (Wildman–Crippen LogP) is 0.0731. The molecular formula is C10H13NO5S2. The highest BCUT2D eigenvalue weighted by Crippen LogP contribution is 2.08. The first-order valence-corrected chi connectivity index (χ1v) is 8.54. The number of carbonyl (C=O) groups is 1. The molecule has 18 heavy (non-hydrogen) atoms. The fraction of sp³-hybridized carbons (Fsp3) is 0.400. The molecule has 100 valence electrons. The van der Waals surface area contributed by atoms with Crippen molar-refractivity contribution in [2.45, 2.75) is 5.75 Å². The van der Waals surface area contributed by atoms with Crippen LogP contribution in [-0.4, -0.2) is 46.4 Å². The summed E-state index contributed by atoms with van der Waals surface area (Å²) in [6.45, 7) is 0. The summed E-state index contributed by atoms with van der Waals surface area (Å²) in [5, 5.41) is 8.90. The molecule has 1 rings (SSSR count). The Morgan fingerprint density at radius 1 is 1.50 bits per heavy atom. The first kappa shape index (κ1) is 14.8. The van der Waals surface area contributed by atoms with Gasteiger partial charge < -0.3 is 5.11 Å². The average molecular weight is 291 g/mol. The molecule has 0 saturated carbocycles. The van der Waals surface area contributed by atoms with E-state index in [1.54, 1.807) is 0 Å². The van der Waals surface area contributed by atoms with Crippen molar-refractivity contribution in [2.75, 3.05) is 17.8 Å². The Morgan fingerprint density at radius 3 is 2.72 bits per heavy atom. The van der Waals surface area contributed by atoms with Crippen LogP contribution in [0.3, 0.4) is 0 Å². The maximum atomic E-state index is 11.6. The number of rotatable bonds is 6. The van der Waals surface area contributed by atoms with Crippen LogP contribution < -0.4 is 0 Å². The number of aromatic carboxylic acids is 1. The molecule has 0 fully saturated rings. The first-order valence-electron chi connectivity index (χ1n) is 4.99. The fourth-order valence-corrected chi connectivity index (χ4v) is 3.85. The summed E-state index contributed by atoms with van der Waals surface area (Å²) >= 11 is 0. The summed E-state index contributed by atoms with van der Waals surface area (Å²) in [4.78, 5) is 14.7. The monoisotopic (exact) mass is 291 g/mol. The SMILES string of the molecule is CS(=O)(=O)CCS(=O)Cc1ncccc1C(=O)O. The molecule has 1 atom stereocenters. The summed E-state index contributed by atoms with van der Waals surface area (Å²) in [6, 6.07) is 2.85. The van der Waals surface area contributed by atoms with Gasteiger partial charge in [-0.15, -0.1) is 0 Å². The van der Waals surface area contributed by atoms with Crippen LogP contribution in [0.2, 0.25) is 0 Å². The van der Waals surface area contributed by atoms with Crippen molar-refractivity contribution in [2.24, 2.45) is 0 Å². The third kappa shape index (κ3) is 4.92. The number of carboxylic acids is 1. The van der Waals surface area contributed by atoms with E-state index in [0.29, 0.717) is 0 Å². The van der Waals surface area contributed by atoms with Crippen LogP contribution in [0.25, 0.3) is 0 Å². The van der Waals surface area contributed by atoms with Crippen LogP contribution in [0, 0.1) is 0 Å².